The van der Waals surface area contributed by atoms with Crippen LogP contribution in [0.3, 0.4) is 0 Å². The third-order valence-corrected chi connectivity index (χ3v) is 3.76. The first-order chi connectivity index (χ1) is 11.1. The van der Waals surface area contributed by atoms with Gasteiger partial charge in [0, 0.05) is 11.4 Å². The highest BCUT2D eigenvalue weighted by Crippen LogP contribution is 2.13. The number of halogens is 1. The predicted molar refractivity (Wildman–Crippen MR) is 90.7 cm³/mol. The maximum absolute atomic E-state index is 12.0. The first-order valence-electron chi connectivity index (χ1n) is 7.47. The topological polar surface area (TPSA) is 59.3 Å². The van der Waals surface area contributed by atoms with E-state index >= 15 is 0 Å². The van der Waals surface area contributed by atoms with Gasteiger partial charge < -0.3 is 5.32 Å². The van der Waals surface area contributed by atoms with Crippen molar-refractivity contribution in [3.8, 4) is 0 Å². The van der Waals surface area contributed by atoms with E-state index < -0.39 is 0 Å². The van der Waals surface area contributed by atoms with E-state index in [0.717, 1.165) is 29.2 Å². The monoisotopic (exact) mass is 328 g/mol. The van der Waals surface area contributed by atoms with E-state index in [-0.39, 0.29) is 5.91 Å². The first-order valence-corrected chi connectivity index (χ1v) is 7.85. The number of benzene rings is 1. The molecule has 0 bridgehead atoms. The number of aromatic nitrogens is 3. The third-order valence-electron chi connectivity index (χ3n) is 3.50. The fraction of sp³-hybridized carbons (Fsp3) is 0.235. The number of rotatable bonds is 5. The quantitative estimate of drug-likeness (QED) is 0.777. The van der Waals surface area contributed by atoms with Gasteiger partial charge >= 0.3 is 0 Å². The van der Waals surface area contributed by atoms with Crippen LogP contribution in [-0.4, -0.2) is 20.5 Å². The largest absolute Gasteiger partial charge is 0.325 e. The lowest BCUT2D eigenvalue weighted by Crippen LogP contribution is -2.12. The lowest BCUT2D eigenvalue weighted by molar-refractivity contribution is -0.116. The van der Waals surface area contributed by atoms with Gasteiger partial charge in [0.2, 0.25) is 5.91 Å². The number of hydrogen-bond donors (Lipinski definition) is 1. The van der Waals surface area contributed by atoms with Crippen molar-refractivity contribution in [3.63, 3.8) is 0 Å². The van der Waals surface area contributed by atoms with Crippen molar-refractivity contribution < 1.29 is 4.79 Å². The number of hydrogen-bond acceptors (Lipinski definition) is 3. The van der Waals surface area contributed by atoms with Gasteiger partial charge in [0.25, 0.3) is 0 Å². The number of nitrogens with zero attached hydrogens (tertiary/aromatic N) is 3. The molecule has 0 aliphatic carbocycles. The zero-order valence-electron chi connectivity index (χ0n) is 12.8. The molecule has 23 heavy (non-hydrogen) atoms. The number of amides is 1. The fourth-order valence-electron chi connectivity index (χ4n) is 2.40. The molecule has 0 aliphatic heterocycles. The molecule has 1 N–H and O–H groups in total. The van der Waals surface area contributed by atoms with Gasteiger partial charge in [-0.1, -0.05) is 23.7 Å². The summed E-state index contributed by atoms with van der Waals surface area (Å²) in [6, 6.07) is 11.4. The van der Waals surface area contributed by atoms with Gasteiger partial charge in [0.15, 0.2) is 5.65 Å². The van der Waals surface area contributed by atoms with E-state index in [2.05, 4.69) is 15.4 Å². The Balaban J connectivity index is 1.52. The van der Waals surface area contributed by atoms with Crippen molar-refractivity contribution >= 4 is 28.8 Å². The van der Waals surface area contributed by atoms with Crippen molar-refractivity contribution in [1.29, 1.82) is 0 Å². The molecule has 3 aromatic rings. The highest BCUT2D eigenvalue weighted by molar-refractivity contribution is 6.30. The summed E-state index contributed by atoms with van der Waals surface area (Å²) >= 11 is 5.85. The molecule has 0 spiro atoms. The maximum Gasteiger partial charge on any atom is 0.224 e. The molecule has 0 unspecified atom stereocenters. The SMILES string of the molecule is Cc1nc2ccc(NC(=O)CCCc3ccc(Cl)cc3)cn2n1. The van der Waals surface area contributed by atoms with E-state index in [1.807, 2.05) is 43.3 Å². The smallest absolute Gasteiger partial charge is 0.224 e. The Labute approximate surface area is 139 Å². The number of aryl methyl sites for hydroxylation is 2. The Kier molecular flexibility index (Phi) is 4.57. The summed E-state index contributed by atoms with van der Waals surface area (Å²) in [5.74, 6) is 0.701. The van der Waals surface area contributed by atoms with Gasteiger partial charge in [-0.05, 0) is 49.6 Å². The van der Waals surface area contributed by atoms with E-state index in [9.17, 15) is 4.79 Å². The highest BCUT2D eigenvalue weighted by Gasteiger charge is 2.05. The van der Waals surface area contributed by atoms with E-state index in [1.54, 1.807) is 10.7 Å². The van der Waals surface area contributed by atoms with Crippen molar-refractivity contribution in [2.45, 2.75) is 26.2 Å². The summed E-state index contributed by atoms with van der Waals surface area (Å²) in [5, 5.41) is 7.85. The van der Waals surface area contributed by atoms with E-state index in [4.69, 9.17) is 11.6 Å². The van der Waals surface area contributed by atoms with Crippen LogP contribution in [0.5, 0.6) is 0 Å². The van der Waals surface area contributed by atoms with Crippen LogP contribution in [0.2, 0.25) is 5.02 Å². The normalized spacial score (nSPS) is 10.9. The molecule has 3 rings (SSSR count). The zero-order valence-corrected chi connectivity index (χ0v) is 13.5. The highest BCUT2D eigenvalue weighted by atomic mass is 35.5. The molecular formula is C17H17ClN4O. The minimum absolute atomic E-state index is 0.00449. The maximum atomic E-state index is 12.0. The number of anilines is 1. The second-order valence-electron chi connectivity index (χ2n) is 5.41. The van der Waals surface area contributed by atoms with Crippen LogP contribution in [0.25, 0.3) is 5.65 Å². The minimum atomic E-state index is -0.00449. The fourth-order valence-corrected chi connectivity index (χ4v) is 2.52. The summed E-state index contributed by atoms with van der Waals surface area (Å²) in [5.41, 5.74) is 2.67. The second-order valence-corrected chi connectivity index (χ2v) is 5.84. The van der Waals surface area contributed by atoms with Crippen LogP contribution in [0.4, 0.5) is 5.69 Å². The molecule has 0 saturated heterocycles. The van der Waals surface area contributed by atoms with Crippen LogP contribution in [0.1, 0.15) is 24.2 Å². The lowest BCUT2D eigenvalue weighted by atomic mass is 10.1. The number of nitrogens with one attached hydrogen (secondary N) is 1. The van der Waals surface area contributed by atoms with Crippen LogP contribution >= 0.6 is 11.6 Å². The van der Waals surface area contributed by atoms with Crippen molar-refractivity contribution in [3.05, 3.63) is 59.0 Å². The molecule has 0 aliphatic rings. The molecule has 0 saturated carbocycles. The van der Waals surface area contributed by atoms with Gasteiger partial charge in [0.1, 0.15) is 5.82 Å². The molecule has 118 valence electrons. The molecule has 0 fully saturated rings. The molecule has 1 amide bonds. The van der Waals surface area contributed by atoms with Crippen molar-refractivity contribution in [2.75, 3.05) is 5.32 Å². The number of carbonyl (C=O) groups is 1. The average molecular weight is 329 g/mol. The average Bonchev–Trinajstić information content (AvgIpc) is 2.88. The molecule has 0 atom stereocenters. The summed E-state index contributed by atoms with van der Waals surface area (Å²) in [7, 11) is 0. The number of fused-ring (bicyclic) bond motifs is 1. The van der Waals surface area contributed by atoms with Gasteiger partial charge in [-0.3, -0.25) is 4.79 Å². The summed E-state index contributed by atoms with van der Waals surface area (Å²) < 4.78 is 1.67. The Morgan fingerprint density at radius 2 is 2.00 bits per heavy atom. The van der Waals surface area contributed by atoms with Gasteiger partial charge in [-0.2, -0.15) is 5.10 Å². The standard InChI is InChI=1S/C17H17ClN4O/c1-12-19-16-10-9-15(11-22(16)21-12)20-17(23)4-2-3-13-5-7-14(18)8-6-13/h5-11H,2-4H2,1H3,(H,20,23). The number of carbonyl (C=O) groups excluding carboxylic acids is 1. The van der Waals surface area contributed by atoms with Crippen LogP contribution in [0.15, 0.2) is 42.6 Å². The van der Waals surface area contributed by atoms with Gasteiger partial charge in [0.05, 0.1) is 11.9 Å². The van der Waals surface area contributed by atoms with E-state index in [1.165, 1.54) is 5.56 Å². The van der Waals surface area contributed by atoms with Gasteiger partial charge in [-0.15, -0.1) is 0 Å². The zero-order chi connectivity index (χ0) is 16.2. The van der Waals surface area contributed by atoms with Gasteiger partial charge in [-0.25, -0.2) is 9.50 Å². The summed E-state index contributed by atoms with van der Waals surface area (Å²) in [4.78, 5) is 16.3. The Morgan fingerprint density at radius 1 is 1.22 bits per heavy atom. The molecular weight excluding hydrogens is 312 g/mol. The minimum Gasteiger partial charge on any atom is -0.325 e. The molecule has 2 heterocycles. The third kappa shape index (κ3) is 4.07. The van der Waals surface area contributed by atoms with Crippen molar-refractivity contribution in [2.24, 2.45) is 0 Å². The molecule has 0 radical (unpaired) electrons. The lowest BCUT2D eigenvalue weighted by Gasteiger charge is -2.05. The molecule has 6 heteroatoms. The number of pyridine rings is 1. The van der Waals surface area contributed by atoms with E-state index in [0.29, 0.717) is 12.2 Å². The first kappa shape index (κ1) is 15.5. The Hall–Kier alpha value is -2.40. The molecule has 2 aromatic heterocycles. The summed E-state index contributed by atoms with van der Waals surface area (Å²) in [6.07, 6.45) is 3.88. The Morgan fingerprint density at radius 3 is 2.78 bits per heavy atom. The molecule has 5 nitrogen and oxygen atoms in total. The Bertz CT molecular complexity index is 826. The van der Waals surface area contributed by atoms with Crippen LogP contribution in [0, 0.1) is 6.92 Å². The van der Waals surface area contributed by atoms with Crippen LogP contribution < -0.4 is 5.32 Å². The van der Waals surface area contributed by atoms with Crippen LogP contribution in [-0.2, 0) is 11.2 Å². The summed E-state index contributed by atoms with van der Waals surface area (Å²) in [6.45, 7) is 1.84. The molecule has 1 aromatic carbocycles. The van der Waals surface area contributed by atoms with Crippen molar-refractivity contribution in [1.82, 2.24) is 14.6 Å². The predicted octanol–water partition coefficient (Wildman–Crippen LogP) is 3.65. The second kappa shape index (κ2) is 6.79.